The van der Waals surface area contributed by atoms with Crippen LogP contribution in [0.3, 0.4) is 0 Å². The smallest absolute Gasteiger partial charge is 0.0178 e. The maximum absolute atomic E-state index is 3.60. The molecule has 0 aliphatic carbocycles. The molecule has 1 N–H and O–H groups in total. The van der Waals surface area contributed by atoms with Crippen molar-refractivity contribution in [1.29, 1.82) is 0 Å². The molecule has 1 aromatic carbocycles. The van der Waals surface area contributed by atoms with Gasteiger partial charge in [0.25, 0.3) is 0 Å². The van der Waals surface area contributed by atoms with Crippen LogP contribution in [0.25, 0.3) is 0 Å². The predicted octanol–water partition coefficient (Wildman–Crippen LogP) is 5.08. The lowest BCUT2D eigenvalue weighted by Crippen LogP contribution is -2.26. The first kappa shape index (κ1) is 15.7. The average molecular weight is 352 g/mol. The third-order valence-corrected chi connectivity index (χ3v) is 4.68. The monoisotopic (exact) mass is 351 g/mol. The fourth-order valence-corrected chi connectivity index (χ4v) is 3.49. The summed E-state index contributed by atoms with van der Waals surface area (Å²) >= 11 is 5.43. The van der Waals surface area contributed by atoms with Crippen LogP contribution in [0.5, 0.6) is 0 Å². The van der Waals surface area contributed by atoms with E-state index in [1.165, 1.54) is 10.4 Å². The Bertz CT molecular complexity index is 507. The molecule has 1 atom stereocenters. The van der Waals surface area contributed by atoms with Crippen molar-refractivity contribution in [1.82, 2.24) is 5.32 Å². The normalized spacial score (nSPS) is 12.8. The highest BCUT2D eigenvalue weighted by molar-refractivity contribution is 9.10. The second kappa shape index (κ2) is 7.96. The third-order valence-electron chi connectivity index (χ3n) is 3.29. The van der Waals surface area contributed by atoms with E-state index < -0.39 is 0 Å². The minimum Gasteiger partial charge on any atom is -0.316 e. The van der Waals surface area contributed by atoms with E-state index in [0.29, 0.717) is 11.8 Å². The van der Waals surface area contributed by atoms with Crippen LogP contribution in [0.1, 0.15) is 30.2 Å². The van der Waals surface area contributed by atoms with E-state index in [4.69, 9.17) is 0 Å². The zero-order chi connectivity index (χ0) is 14.4. The molecular weight excluding hydrogens is 330 g/mol. The Morgan fingerprint density at radius 3 is 2.65 bits per heavy atom. The van der Waals surface area contributed by atoms with Gasteiger partial charge in [-0.3, -0.25) is 0 Å². The van der Waals surface area contributed by atoms with Gasteiger partial charge in [-0.15, -0.1) is 11.3 Å². The highest BCUT2D eigenvalue weighted by Gasteiger charge is 2.13. The lowest BCUT2D eigenvalue weighted by molar-refractivity contribution is 0.515. The van der Waals surface area contributed by atoms with Crippen LogP contribution in [-0.4, -0.2) is 13.1 Å². The van der Waals surface area contributed by atoms with Gasteiger partial charge in [-0.25, -0.2) is 0 Å². The van der Waals surface area contributed by atoms with Crippen LogP contribution in [0, 0.1) is 5.92 Å². The Morgan fingerprint density at radius 1 is 1.15 bits per heavy atom. The van der Waals surface area contributed by atoms with Crippen molar-refractivity contribution in [2.45, 2.75) is 26.2 Å². The van der Waals surface area contributed by atoms with Crippen molar-refractivity contribution >= 4 is 27.3 Å². The SMILES string of the molecule is CC(C)CNCC(Cc1cccs1)c1cccc(Br)c1. The molecule has 0 fully saturated rings. The maximum Gasteiger partial charge on any atom is 0.0178 e. The fraction of sp³-hybridized carbons (Fsp3) is 0.412. The summed E-state index contributed by atoms with van der Waals surface area (Å²) in [5.74, 6) is 1.23. The molecule has 2 aromatic rings. The summed E-state index contributed by atoms with van der Waals surface area (Å²) in [4.78, 5) is 1.46. The van der Waals surface area contributed by atoms with Crippen molar-refractivity contribution in [2.24, 2.45) is 5.92 Å². The largest absolute Gasteiger partial charge is 0.316 e. The van der Waals surface area contributed by atoms with E-state index in [0.717, 1.165) is 24.0 Å². The molecule has 0 radical (unpaired) electrons. The lowest BCUT2D eigenvalue weighted by Gasteiger charge is -2.19. The van der Waals surface area contributed by atoms with E-state index in [1.54, 1.807) is 0 Å². The molecule has 0 saturated heterocycles. The second-order valence-corrected chi connectivity index (χ2v) is 7.54. The molecule has 2 rings (SSSR count). The number of benzene rings is 1. The highest BCUT2D eigenvalue weighted by Crippen LogP contribution is 2.25. The van der Waals surface area contributed by atoms with Crippen LogP contribution < -0.4 is 5.32 Å². The van der Waals surface area contributed by atoms with Crippen LogP contribution in [0.15, 0.2) is 46.3 Å². The van der Waals surface area contributed by atoms with Gasteiger partial charge in [0.1, 0.15) is 0 Å². The molecule has 0 aliphatic heterocycles. The first-order valence-electron chi connectivity index (χ1n) is 7.13. The van der Waals surface area contributed by atoms with Gasteiger partial charge >= 0.3 is 0 Å². The zero-order valence-electron chi connectivity index (χ0n) is 12.1. The number of hydrogen-bond donors (Lipinski definition) is 1. The van der Waals surface area contributed by atoms with Gasteiger partial charge < -0.3 is 5.32 Å². The molecular formula is C17H22BrNS. The van der Waals surface area contributed by atoms with E-state index in [2.05, 4.69) is 76.9 Å². The van der Waals surface area contributed by atoms with Crippen molar-refractivity contribution in [2.75, 3.05) is 13.1 Å². The summed E-state index contributed by atoms with van der Waals surface area (Å²) < 4.78 is 1.16. The van der Waals surface area contributed by atoms with E-state index >= 15 is 0 Å². The zero-order valence-corrected chi connectivity index (χ0v) is 14.5. The number of halogens is 1. The van der Waals surface area contributed by atoms with Gasteiger partial charge in [0.05, 0.1) is 0 Å². The summed E-state index contributed by atoms with van der Waals surface area (Å²) in [6, 6.07) is 13.1. The van der Waals surface area contributed by atoms with E-state index in [-0.39, 0.29) is 0 Å². The van der Waals surface area contributed by atoms with E-state index in [1.807, 2.05) is 11.3 Å². The van der Waals surface area contributed by atoms with Crippen LogP contribution in [-0.2, 0) is 6.42 Å². The molecule has 0 aliphatic rings. The molecule has 1 unspecified atom stereocenters. The summed E-state index contributed by atoms with van der Waals surface area (Å²) in [7, 11) is 0. The molecule has 0 spiro atoms. The molecule has 0 saturated carbocycles. The Kier molecular flexibility index (Phi) is 6.27. The van der Waals surface area contributed by atoms with Crippen molar-refractivity contribution in [3.63, 3.8) is 0 Å². The number of rotatable bonds is 7. The Morgan fingerprint density at radius 2 is 2.00 bits per heavy atom. The van der Waals surface area contributed by atoms with Gasteiger partial charge in [0, 0.05) is 21.8 Å². The minimum atomic E-state index is 0.532. The Balaban J connectivity index is 2.06. The summed E-state index contributed by atoms with van der Waals surface area (Å²) in [5, 5.41) is 5.77. The Hall–Kier alpha value is -0.640. The fourth-order valence-electron chi connectivity index (χ4n) is 2.29. The minimum absolute atomic E-state index is 0.532. The quantitative estimate of drug-likeness (QED) is 0.733. The molecule has 1 heterocycles. The lowest BCUT2D eigenvalue weighted by atomic mass is 9.95. The molecule has 108 valence electrons. The van der Waals surface area contributed by atoms with Crippen LogP contribution in [0.4, 0.5) is 0 Å². The third kappa shape index (κ3) is 5.04. The Labute approximate surface area is 134 Å². The molecule has 0 bridgehead atoms. The number of nitrogens with one attached hydrogen (secondary N) is 1. The van der Waals surface area contributed by atoms with Gasteiger partial charge in [-0.05, 0) is 48.0 Å². The summed E-state index contributed by atoms with van der Waals surface area (Å²) in [5.41, 5.74) is 1.41. The molecule has 1 aromatic heterocycles. The summed E-state index contributed by atoms with van der Waals surface area (Å²) in [6.07, 6.45) is 1.11. The van der Waals surface area contributed by atoms with Crippen LogP contribution >= 0.6 is 27.3 Å². The van der Waals surface area contributed by atoms with E-state index in [9.17, 15) is 0 Å². The van der Waals surface area contributed by atoms with Crippen molar-refractivity contribution in [3.8, 4) is 0 Å². The molecule has 3 heteroatoms. The second-order valence-electron chi connectivity index (χ2n) is 5.59. The van der Waals surface area contributed by atoms with Crippen molar-refractivity contribution < 1.29 is 0 Å². The maximum atomic E-state index is 3.60. The first-order chi connectivity index (χ1) is 9.65. The first-order valence-corrected chi connectivity index (χ1v) is 8.81. The van der Waals surface area contributed by atoms with Gasteiger partial charge in [0.15, 0.2) is 0 Å². The highest BCUT2D eigenvalue weighted by atomic mass is 79.9. The standard InChI is InChI=1S/C17H22BrNS/c1-13(2)11-19-12-15(10-17-7-4-8-20-17)14-5-3-6-16(18)9-14/h3-9,13,15,19H,10-12H2,1-2H3. The summed E-state index contributed by atoms with van der Waals surface area (Å²) in [6.45, 7) is 6.61. The number of thiophene rings is 1. The van der Waals surface area contributed by atoms with Gasteiger partial charge in [-0.2, -0.15) is 0 Å². The van der Waals surface area contributed by atoms with Gasteiger partial charge in [0.2, 0.25) is 0 Å². The topological polar surface area (TPSA) is 12.0 Å². The molecule has 0 amide bonds. The predicted molar refractivity (Wildman–Crippen MR) is 92.6 cm³/mol. The number of hydrogen-bond acceptors (Lipinski definition) is 2. The van der Waals surface area contributed by atoms with Crippen LogP contribution in [0.2, 0.25) is 0 Å². The average Bonchev–Trinajstić information content (AvgIpc) is 2.90. The molecule has 20 heavy (non-hydrogen) atoms. The van der Waals surface area contributed by atoms with Crippen molar-refractivity contribution in [3.05, 3.63) is 56.7 Å². The molecule has 1 nitrogen and oxygen atoms in total. The van der Waals surface area contributed by atoms with Gasteiger partial charge in [-0.1, -0.05) is 48.0 Å².